The van der Waals surface area contributed by atoms with Crippen molar-refractivity contribution in [3.8, 4) is 0 Å². The van der Waals surface area contributed by atoms with E-state index in [0.717, 1.165) is 23.7 Å². The fraction of sp³-hybridized carbons (Fsp3) is 0.286. The van der Waals surface area contributed by atoms with E-state index in [0.29, 0.717) is 0 Å². The van der Waals surface area contributed by atoms with Gasteiger partial charge in [-0.25, -0.2) is 5.11 Å². The standard InChI is InChI=1S/C14H14BrO/c15-14-7-6-12-9-11(3-1-2-8-16)4-5-13(12)10-14/h4-7,9-10H,1-3,8H2. The van der Waals surface area contributed by atoms with E-state index in [9.17, 15) is 5.11 Å². The monoisotopic (exact) mass is 277 g/mol. The number of hydrogen-bond donors (Lipinski definition) is 0. The van der Waals surface area contributed by atoms with Gasteiger partial charge in [0.25, 0.3) is 0 Å². The minimum absolute atomic E-state index is 0.0422. The second-order valence-electron chi connectivity index (χ2n) is 3.99. The number of aryl methyl sites for hydroxylation is 1. The van der Waals surface area contributed by atoms with Gasteiger partial charge in [-0.3, -0.25) is 0 Å². The average molecular weight is 278 g/mol. The van der Waals surface area contributed by atoms with Crippen molar-refractivity contribution in [2.45, 2.75) is 19.3 Å². The first-order valence-electron chi connectivity index (χ1n) is 5.56. The van der Waals surface area contributed by atoms with E-state index in [1.165, 1.54) is 16.3 Å². The maximum atomic E-state index is 10.4. The molecule has 0 aliphatic heterocycles. The molecule has 0 saturated heterocycles. The molecule has 0 fully saturated rings. The molecule has 0 aliphatic carbocycles. The minimum atomic E-state index is 0.0422. The Morgan fingerprint density at radius 2 is 1.69 bits per heavy atom. The van der Waals surface area contributed by atoms with Gasteiger partial charge in [0.05, 0.1) is 6.61 Å². The van der Waals surface area contributed by atoms with Crippen LogP contribution < -0.4 is 0 Å². The molecule has 0 N–H and O–H groups in total. The van der Waals surface area contributed by atoms with Crippen LogP contribution in [0.5, 0.6) is 0 Å². The van der Waals surface area contributed by atoms with Crippen molar-refractivity contribution in [3.05, 3.63) is 46.4 Å². The van der Waals surface area contributed by atoms with Crippen LogP contribution in [0.25, 0.3) is 10.8 Å². The summed E-state index contributed by atoms with van der Waals surface area (Å²) in [6.07, 6.45) is 2.78. The molecule has 0 bridgehead atoms. The topological polar surface area (TPSA) is 19.9 Å². The van der Waals surface area contributed by atoms with Gasteiger partial charge in [-0.05, 0) is 47.7 Å². The molecule has 0 unspecified atom stereocenters. The van der Waals surface area contributed by atoms with E-state index in [1.54, 1.807) is 0 Å². The van der Waals surface area contributed by atoms with Crippen molar-refractivity contribution in [3.63, 3.8) is 0 Å². The van der Waals surface area contributed by atoms with Crippen LogP contribution in [0.2, 0.25) is 0 Å². The fourth-order valence-electron chi connectivity index (χ4n) is 1.85. The van der Waals surface area contributed by atoms with Gasteiger partial charge in [-0.2, -0.15) is 0 Å². The van der Waals surface area contributed by atoms with Crippen molar-refractivity contribution in [2.75, 3.05) is 6.61 Å². The van der Waals surface area contributed by atoms with E-state index in [2.05, 4.69) is 52.3 Å². The Balaban J connectivity index is 2.20. The van der Waals surface area contributed by atoms with Crippen LogP contribution in [0, 0.1) is 0 Å². The number of unbranched alkanes of at least 4 members (excludes halogenated alkanes) is 1. The van der Waals surface area contributed by atoms with Gasteiger partial charge in [0, 0.05) is 4.47 Å². The molecule has 16 heavy (non-hydrogen) atoms. The summed E-state index contributed by atoms with van der Waals surface area (Å²) in [7, 11) is 0. The Bertz CT molecular complexity index is 479. The maximum absolute atomic E-state index is 10.4. The van der Waals surface area contributed by atoms with Gasteiger partial charge < -0.3 is 0 Å². The van der Waals surface area contributed by atoms with E-state index < -0.39 is 0 Å². The number of rotatable bonds is 4. The second kappa shape index (κ2) is 5.46. The summed E-state index contributed by atoms with van der Waals surface area (Å²) in [6.45, 7) is 0.0422. The Labute approximate surface area is 104 Å². The molecule has 2 aromatic carbocycles. The van der Waals surface area contributed by atoms with Crippen molar-refractivity contribution >= 4 is 26.7 Å². The number of fused-ring (bicyclic) bond motifs is 1. The van der Waals surface area contributed by atoms with E-state index in [-0.39, 0.29) is 6.61 Å². The first kappa shape index (κ1) is 11.6. The van der Waals surface area contributed by atoms with Crippen molar-refractivity contribution < 1.29 is 5.11 Å². The SMILES string of the molecule is [O]CCCCc1ccc2cc(Br)ccc2c1. The van der Waals surface area contributed by atoms with Crippen LogP contribution in [-0.4, -0.2) is 6.61 Å². The van der Waals surface area contributed by atoms with Crippen molar-refractivity contribution in [1.29, 1.82) is 0 Å². The molecule has 0 heterocycles. The zero-order valence-electron chi connectivity index (χ0n) is 9.08. The molecule has 0 spiro atoms. The highest BCUT2D eigenvalue weighted by Crippen LogP contribution is 2.21. The van der Waals surface area contributed by atoms with Gasteiger partial charge in [0.15, 0.2) is 0 Å². The predicted molar refractivity (Wildman–Crippen MR) is 70.1 cm³/mol. The Morgan fingerprint density at radius 3 is 2.50 bits per heavy atom. The number of halogens is 1. The molecule has 2 heteroatoms. The van der Waals surface area contributed by atoms with Crippen LogP contribution in [0.4, 0.5) is 0 Å². The van der Waals surface area contributed by atoms with Crippen LogP contribution >= 0.6 is 15.9 Å². The highest BCUT2D eigenvalue weighted by molar-refractivity contribution is 9.10. The van der Waals surface area contributed by atoms with Crippen LogP contribution in [0.3, 0.4) is 0 Å². The van der Waals surface area contributed by atoms with E-state index in [1.807, 2.05) is 0 Å². The normalized spacial score (nSPS) is 10.9. The third kappa shape index (κ3) is 2.83. The molecular weight excluding hydrogens is 264 g/mol. The molecule has 0 amide bonds. The van der Waals surface area contributed by atoms with Gasteiger partial charge in [0.1, 0.15) is 0 Å². The van der Waals surface area contributed by atoms with E-state index >= 15 is 0 Å². The Hall–Kier alpha value is -0.860. The summed E-state index contributed by atoms with van der Waals surface area (Å²) >= 11 is 3.47. The summed E-state index contributed by atoms with van der Waals surface area (Å²) in [4.78, 5) is 0. The van der Waals surface area contributed by atoms with Gasteiger partial charge in [-0.1, -0.05) is 40.2 Å². The lowest BCUT2D eigenvalue weighted by Gasteiger charge is -2.03. The smallest absolute Gasteiger partial charge is 0.0822 e. The third-order valence-electron chi connectivity index (χ3n) is 2.73. The lowest BCUT2D eigenvalue weighted by atomic mass is 10.0. The molecule has 83 valence electrons. The van der Waals surface area contributed by atoms with Crippen LogP contribution in [0.1, 0.15) is 18.4 Å². The highest BCUT2D eigenvalue weighted by atomic mass is 79.9. The number of hydrogen-bond acceptors (Lipinski definition) is 0. The molecule has 0 aliphatic rings. The molecule has 0 saturated carbocycles. The van der Waals surface area contributed by atoms with Gasteiger partial charge in [-0.15, -0.1) is 0 Å². The minimum Gasteiger partial charge on any atom is -0.237 e. The summed E-state index contributed by atoms with van der Waals surface area (Å²) in [6, 6.07) is 12.8. The lowest BCUT2D eigenvalue weighted by molar-refractivity contribution is 0.187. The van der Waals surface area contributed by atoms with Crippen LogP contribution in [-0.2, 0) is 11.5 Å². The average Bonchev–Trinajstić information content (AvgIpc) is 2.29. The van der Waals surface area contributed by atoms with Gasteiger partial charge in [0.2, 0.25) is 0 Å². The zero-order valence-corrected chi connectivity index (χ0v) is 10.7. The molecule has 2 aromatic rings. The Morgan fingerprint density at radius 1 is 0.938 bits per heavy atom. The summed E-state index contributed by atoms with van der Waals surface area (Å²) in [5.74, 6) is 0. The van der Waals surface area contributed by atoms with E-state index in [4.69, 9.17) is 0 Å². The van der Waals surface area contributed by atoms with Crippen molar-refractivity contribution in [2.24, 2.45) is 0 Å². The highest BCUT2D eigenvalue weighted by Gasteiger charge is 1.98. The molecule has 1 nitrogen and oxygen atoms in total. The summed E-state index contributed by atoms with van der Waals surface area (Å²) < 4.78 is 1.11. The summed E-state index contributed by atoms with van der Waals surface area (Å²) in [5, 5.41) is 12.9. The predicted octanol–water partition coefficient (Wildman–Crippen LogP) is 4.36. The Kier molecular flexibility index (Phi) is 3.97. The maximum Gasteiger partial charge on any atom is 0.0822 e. The van der Waals surface area contributed by atoms with Crippen molar-refractivity contribution in [1.82, 2.24) is 0 Å². The third-order valence-corrected chi connectivity index (χ3v) is 3.22. The lowest BCUT2D eigenvalue weighted by Crippen LogP contribution is -1.88. The molecule has 0 atom stereocenters. The quantitative estimate of drug-likeness (QED) is 0.741. The molecule has 1 radical (unpaired) electrons. The largest absolute Gasteiger partial charge is 0.237 e. The molecule has 2 rings (SSSR count). The zero-order chi connectivity index (χ0) is 11.4. The molecule has 0 aromatic heterocycles. The molecular formula is C14H14BrO. The first-order chi connectivity index (χ1) is 7.79. The fourth-order valence-corrected chi connectivity index (χ4v) is 2.23. The summed E-state index contributed by atoms with van der Waals surface area (Å²) in [5.41, 5.74) is 1.32. The second-order valence-corrected chi connectivity index (χ2v) is 4.90. The van der Waals surface area contributed by atoms with Gasteiger partial charge >= 0.3 is 0 Å². The number of benzene rings is 2. The van der Waals surface area contributed by atoms with Crippen LogP contribution in [0.15, 0.2) is 40.9 Å². The first-order valence-corrected chi connectivity index (χ1v) is 6.35.